The van der Waals surface area contributed by atoms with Crippen LogP contribution in [-0.4, -0.2) is 53.7 Å². The quantitative estimate of drug-likeness (QED) is 0.439. The fraction of sp³-hybridized carbons (Fsp3) is 0.387. The number of hydrogen-bond acceptors (Lipinski definition) is 6. The first kappa shape index (κ1) is 27.5. The van der Waals surface area contributed by atoms with Gasteiger partial charge in [0.25, 0.3) is 0 Å². The van der Waals surface area contributed by atoms with E-state index < -0.39 is 23.8 Å². The lowest BCUT2D eigenvalue weighted by atomic mass is 9.78. The van der Waals surface area contributed by atoms with E-state index in [0.717, 1.165) is 35.2 Å². The highest BCUT2D eigenvalue weighted by Crippen LogP contribution is 2.45. The Morgan fingerprint density at radius 3 is 2.42 bits per heavy atom. The molecule has 5 rings (SSSR count). The highest BCUT2D eigenvalue weighted by Gasteiger charge is 2.50. The van der Waals surface area contributed by atoms with Crippen LogP contribution in [-0.2, 0) is 27.2 Å². The number of carbonyl (C=O) groups is 3. The van der Waals surface area contributed by atoms with Crippen molar-refractivity contribution in [1.29, 1.82) is 0 Å². The number of ether oxygens (including phenoxy) is 2. The highest BCUT2D eigenvalue weighted by atomic mass is 16.7. The van der Waals surface area contributed by atoms with E-state index in [1.54, 1.807) is 18.2 Å². The SMILES string of the molecule is CCc1cccc(CC)c1NC(=O)CN1C[C@H](c2ccc3c(c2)OCO3)[C@@H](C(=O)O)[C@@H]1C1C=CC(C(N)=O)=CC1. The second-order valence-corrected chi connectivity index (χ2v) is 10.5. The van der Waals surface area contributed by atoms with Gasteiger partial charge in [0, 0.05) is 29.8 Å². The van der Waals surface area contributed by atoms with Gasteiger partial charge in [0.15, 0.2) is 11.5 Å². The number of anilines is 1. The fourth-order valence-electron chi connectivity index (χ4n) is 6.27. The van der Waals surface area contributed by atoms with Crippen LogP contribution in [0.25, 0.3) is 0 Å². The molecule has 1 saturated heterocycles. The molecule has 3 aliphatic rings. The normalized spacial score (nSPS) is 23.6. The maximum atomic E-state index is 13.5. The number of allylic oxidation sites excluding steroid dienone is 1. The number of rotatable bonds is 9. The third-order valence-electron chi connectivity index (χ3n) is 8.23. The Hall–Kier alpha value is -4.11. The average Bonchev–Trinajstić information content (AvgIpc) is 3.57. The first-order valence-corrected chi connectivity index (χ1v) is 13.8. The number of carbonyl (C=O) groups excluding carboxylic acids is 2. The van der Waals surface area contributed by atoms with E-state index in [1.165, 1.54) is 0 Å². The van der Waals surface area contributed by atoms with Gasteiger partial charge in [0.2, 0.25) is 18.6 Å². The molecule has 2 aliphatic heterocycles. The lowest BCUT2D eigenvalue weighted by Gasteiger charge is -2.33. The number of para-hydroxylation sites is 1. The molecule has 1 aliphatic carbocycles. The predicted molar refractivity (Wildman–Crippen MR) is 150 cm³/mol. The summed E-state index contributed by atoms with van der Waals surface area (Å²) in [6, 6.07) is 11.1. The summed E-state index contributed by atoms with van der Waals surface area (Å²) in [6.07, 6.45) is 7.29. The molecule has 0 saturated carbocycles. The Kier molecular flexibility index (Phi) is 7.93. The molecule has 0 radical (unpaired) electrons. The van der Waals surface area contributed by atoms with Crippen molar-refractivity contribution in [3.63, 3.8) is 0 Å². The fourth-order valence-corrected chi connectivity index (χ4v) is 6.27. The predicted octanol–water partition coefficient (Wildman–Crippen LogP) is 3.64. The van der Waals surface area contributed by atoms with E-state index in [9.17, 15) is 19.5 Å². The smallest absolute Gasteiger partial charge is 0.308 e. The molecule has 2 amide bonds. The number of hydrogen-bond donors (Lipinski definition) is 3. The molecular weight excluding hydrogens is 510 g/mol. The van der Waals surface area contributed by atoms with Gasteiger partial charge in [-0.25, -0.2) is 0 Å². The Morgan fingerprint density at radius 2 is 1.80 bits per heavy atom. The van der Waals surface area contributed by atoms with E-state index in [4.69, 9.17) is 15.2 Å². The third kappa shape index (κ3) is 5.34. The van der Waals surface area contributed by atoms with E-state index >= 15 is 0 Å². The molecule has 9 heteroatoms. The molecule has 1 unspecified atom stereocenters. The van der Waals surface area contributed by atoms with Crippen molar-refractivity contribution in [2.75, 3.05) is 25.2 Å². The Morgan fingerprint density at radius 1 is 1.07 bits per heavy atom. The van der Waals surface area contributed by atoms with Crippen molar-refractivity contribution in [1.82, 2.24) is 4.90 Å². The Bertz CT molecular complexity index is 1360. The largest absolute Gasteiger partial charge is 0.481 e. The summed E-state index contributed by atoms with van der Waals surface area (Å²) in [6.45, 7) is 4.64. The summed E-state index contributed by atoms with van der Waals surface area (Å²) in [5, 5.41) is 13.6. The number of likely N-dealkylation sites (tertiary alicyclic amines) is 1. The van der Waals surface area contributed by atoms with E-state index in [2.05, 4.69) is 19.2 Å². The monoisotopic (exact) mass is 545 g/mol. The zero-order valence-corrected chi connectivity index (χ0v) is 22.8. The Labute approximate surface area is 233 Å². The molecule has 210 valence electrons. The average molecular weight is 546 g/mol. The molecule has 0 bridgehead atoms. The van der Waals surface area contributed by atoms with Gasteiger partial charge >= 0.3 is 5.97 Å². The van der Waals surface area contributed by atoms with Crippen molar-refractivity contribution >= 4 is 23.5 Å². The number of carboxylic acids is 1. The van der Waals surface area contributed by atoms with Crippen LogP contribution in [0.3, 0.4) is 0 Å². The third-order valence-corrected chi connectivity index (χ3v) is 8.23. The molecule has 40 heavy (non-hydrogen) atoms. The van der Waals surface area contributed by atoms with E-state index in [0.29, 0.717) is 30.0 Å². The summed E-state index contributed by atoms with van der Waals surface area (Å²) in [4.78, 5) is 40.0. The topological polar surface area (TPSA) is 131 Å². The van der Waals surface area contributed by atoms with Crippen LogP contribution >= 0.6 is 0 Å². The highest BCUT2D eigenvalue weighted by molar-refractivity contribution is 5.95. The van der Waals surface area contributed by atoms with Crippen LogP contribution in [0.2, 0.25) is 0 Å². The maximum absolute atomic E-state index is 13.5. The van der Waals surface area contributed by atoms with Gasteiger partial charge in [-0.1, -0.05) is 56.3 Å². The first-order chi connectivity index (χ1) is 19.3. The van der Waals surface area contributed by atoms with Gasteiger partial charge < -0.3 is 25.6 Å². The molecule has 1 fully saturated rings. The molecule has 9 nitrogen and oxygen atoms in total. The summed E-state index contributed by atoms with van der Waals surface area (Å²) >= 11 is 0. The van der Waals surface area contributed by atoms with Crippen LogP contribution in [0.1, 0.15) is 42.9 Å². The number of aliphatic carboxylic acids is 1. The van der Waals surface area contributed by atoms with E-state index in [-0.39, 0.29) is 31.1 Å². The first-order valence-electron chi connectivity index (χ1n) is 13.8. The minimum absolute atomic E-state index is 0.0352. The van der Waals surface area contributed by atoms with Gasteiger partial charge in [-0.15, -0.1) is 0 Å². The molecule has 0 spiro atoms. The number of aryl methyl sites for hydroxylation is 2. The van der Waals surface area contributed by atoms with Crippen molar-refractivity contribution in [3.8, 4) is 11.5 Å². The van der Waals surface area contributed by atoms with Crippen molar-refractivity contribution in [2.24, 2.45) is 17.6 Å². The van der Waals surface area contributed by atoms with Gasteiger partial charge in [-0.3, -0.25) is 19.3 Å². The van der Waals surface area contributed by atoms with Crippen LogP contribution < -0.4 is 20.5 Å². The van der Waals surface area contributed by atoms with E-state index in [1.807, 2.05) is 41.3 Å². The number of primary amides is 1. The number of benzene rings is 2. The maximum Gasteiger partial charge on any atom is 0.308 e. The van der Waals surface area contributed by atoms with Gasteiger partial charge in [-0.05, 0) is 54.0 Å². The second-order valence-electron chi connectivity index (χ2n) is 10.5. The molecule has 4 N–H and O–H groups in total. The summed E-state index contributed by atoms with van der Waals surface area (Å²) in [5.41, 5.74) is 9.64. The van der Waals surface area contributed by atoms with Crippen molar-refractivity contribution < 1.29 is 29.0 Å². The molecule has 2 aromatic rings. The minimum atomic E-state index is -0.932. The molecule has 2 aromatic carbocycles. The van der Waals surface area contributed by atoms with Gasteiger partial charge in [0.05, 0.1) is 12.5 Å². The standard InChI is InChI=1S/C31H35N3O6/c1-3-18-6-5-7-19(4-2)28(18)33-26(35)16-34-15-23(22-12-13-24-25(14-22)40-17-39-24)27(31(37)38)29(34)20-8-10-21(11-9-20)30(32)36/h5-8,10-14,20,23,27,29H,3-4,9,15-17H2,1-2H3,(H2,32,36)(H,33,35)(H,37,38)/t20?,23-,27-,29+/m1/s1. The molecule has 0 aromatic heterocycles. The second kappa shape index (κ2) is 11.6. The van der Waals surface area contributed by atoms with Crippen LogP contribution in [0.4, 0.5) is 5.69 Å². The number of nitrogens with one attached hydrogen (secondary N) is 1. The van der Waals surface area contributed by atoms with Gasteiger partial charge in [-0.2, -0.15) is 0 Å². The molecule has 4 atom stereocenters. The summed E-state index contributed by atoms with van der Waals surface area (Å²) in [5.74, 6) is -1.82. The number of amides is 2. The number of nitrogens with two attached hydrogens (primary N) is 1. The van der Waals surface area contributed by atoms with Crippen molar-refractivity contribution in [2.45, 2.75) is 45.1 Å². The number of fused-ring (bicyclic) bond motifs is 1. The van der Waals surface area contributed by atoms with Crippen LogP contribution in [0, 0.1) is 11.8 Å². The lowest BCUT2D eigenvalue weighted by molar-refractivity contribution is -0.143. The van der Waals surface area contributed by atoms with Crippen molar-refractivity contribution in [3.05, 3.63) is 76.9 Å². The van der Waals surface area contributed by atoms with Gasteiger partial charge in [0.1, 0.15) is 0 Å². The summed E-state index contributed by atoms with van der Waals surface area (Å²) in [7, 11) is 0. The molecular formula is C31H35N3O6. The summed E-state index contributed by atoms with van der Waals surface area (Å²) < 4.78 is 11.0. The number of carboxylic acid groups (broad SMARTS) is 1. The lowest BCUT2D eigenvalue weighted by Crippen LogP contribution is -2.44. The van der Waals surface area contributed by atoms with Crippen LogP contribution in [0.15, 0.2) is 60.2 Å². The molecule has 2 heterocycles. The van der Waals surface area contributed by atoms with Crippen LogP contribution in [0.5, 0.6) is 11.5 Å². The number of nitrogens with zero attached hydrogens (tertiary/aromatic N) is 1. The zero-order chi connectivity index (χ0) is 28.4. The Balaban J connectivity index is 1.46. The minimum Gasteiger partial charge on any atom is -0.481 e. The zero-order valence-electron chi connectivity index (χ0n) is 22.8.